The van der Waals surface area contributed by atoms with Gasteiger partial charge in [0.25, 0.3) is 5.16 Å². The molecule has 130 valence electrons. The number of methoxy groups -OCH3 is 1. The second-order valence-corrected chi connectivity index (χ2v) is 7.92. The van der Waals surface area contributed by atoms with E-state index in [4.69, 9.17) is 4.74 Å². The number of H-pyrrole nitrogens is 1. The van der Waals surface area contributed by atoms with Crippen LogP contribution >= 0.6 is 0 Å². The molecular formula is C16H17N5O3S. The van der Waals surface area contributed by atoms with Gasteiger partial charge in [-0.3, -0.25) is 5.10 Å². The zero-order valence-electron chi connectivity index (χ0n) is 13.9. The summed E-state index contributed by atoms with van der Waals surface area (Å²) in [6.45, 7) is 1.32. The molecule has 1 aliphatic rings. The van der Waals surface area contributed by atoms with E-state index >= 15 is 0 Å². The Bertz CT molecular complexity index is 1040. The molecule has 0 saturated carbocycles. The van der Waals surface area contributed by atoms with Gasteiger partial charge in [0.05, 0.1) is 18.2 Å². The molecule has 25 heavy (non-hydrogen) atoms. The fraction of sp³-hybridized carbons (Fsp3) is 0.312. The lowest BCUT2D eigenvalue weighted by molar-refractivity contribution is 0.414. The van der Waals surface area contributed by atoms with Crippen molar-refractivity contribution in [2.75, 3.05) is 24.8 Å². The maximum atomic E-state index is 11.9. The standard InChI is InChI=1S/C16H17N5O3S/c1-24-11-5-3-10(4-6-11)9-21-8-7-12-13-14(20-19-12)17-16(18-15(13)21)25(2,22)23/h3-6H,7-9H2,1-2H3,(H,17,18,19,20). The molecule has 0 aliphatic carbocycles. The Morgan fingerprint density at radius 2 is 2.00 bits per heavy atom. The maximum absolute atomic E-state index is 11.9. The summed E-state index contributed by atoms with van der Waals surface area (Å²) < 4.78 is 29.0. The van der Waals surface area contributed by atoms with E-state index in [1.54, 1.807) is 7.11 Å². The van der Waals surface area contributed by atoms with Crippen molar-refractivity contribution in [2.45, 2.75) is 18.1 Å². The highest BCUT2D eigenvalue weighted by atomic mass is 32.2. The average Bonchev–Trinajstić information content (AvgIpc) is 3.01. The summed E-state index contributed by atoms with van der Waals surface area (Å²) in [4.78, 5) is 10.5. The summed E-state index contributed by atoms with van der Waals surface area (Å²) in [7, 11) is -1.88. The lowest BCUT2D eigenvalue weighted by atomic mass is 10.1. The maximum Gasteiger partial charge on any atom is 0.250 e. The topological polar surface area (TPSA) is 101 Å². The van der Waals surface area contributed by atoms with Crippen LogP contribution in [0.4, 0.5) is 5.82 Å². The molecule has 0 saturated heterocycles. The van der Waals surface area contributed by atoms with Gasteiger partial charge >= 0.3 is 0 Å². The Kier molecular flexibility index (Phi) is 3.60. The van der Waals surface area contributed by atoms with Crippen LogP contribution in [0.5, 0.6) is 5.75 Å². The van der Waals surface area contributed by atoms with Gasteiger partial charge in [-0.05, 0) is 17.7 Å². The number of sulfone groups is 1. The van der Waals surface area contributed by atoms with Crippen molar-refractivity contribution in [3.8, 4) is 5.75 Å². The third-order valence-electron chi connectivity index (χ3n) is 4.24. The number of anilines is 1. The number of benzene rings is 1. The SMILES string of the molecule is COc1ccc(CN2CCc3n[nH]c4nc(S(C)(=O)=O)nc2c34)cc1. The number of nitrogens with one attached hydrogen (secondary N) is 1. The monoisotopic (exact) mass is 359 g/mol. The Hall–Kier alpha value is -2.68. The van der Waals surface area contributed by atoms with Crippen LogP contribution in [0.2, 0.25) is 0 Å². The third kappa shape index (κ3) is 2.80. The summed E-state index contributed by atoms with van der Waals surface area (Å²) in [6, 6.07) is 7.78. The van der Waals surface area contributed by atoms with Crippen molar-refractivity contribution in [2.24, 2.45) is 0 Å². The van der Waals surface area contributed by atoms with Crippen LogP contribution in [-0.2, 0) is 22.8 Å². The van der Waals surface area contributed by atoms with Crippen LogP contribution < -0.4 is 9.64 Å². The molecule has 3 heterocycles. The first kappa shape index (κ1) is 15.8. The highest BCUT2D eigenvalue weighted by Crippen LogP contribution is 2.32. The Balaban J connectivity index is 1.77. The van der Waals surface area contributed by atoms with E-state index < -0.39 is 9.84 Å². The van der Waals surface area contributed by atoms with Crippen molar-refractivity contribution >= 4 is 26.7 Å². The zero-order valence-corrected chi connectivity index (χ0v) is 14.7. The lowest BCUT2D eigenvalue weighted by Gasteiger charge is -2.27. The van der Waals surface area contributed by atoms with Crippen LogP contribution in [0, 0.1) is 0 Å². The predicted octanol–water partition coefficient (Wildman–Crippen LogP) is 1.33. The predicted molar refractivity (Wildman–Crippen MR) is 92.5 cm³/mol. The summed E-state index contributed by atoms with van der Waals surface area (Å²) in [6.07, 6.45) is 1.86. The molecule has 0 fully saturated rings. The molecule has 1 aliphatic heterocycles. The smallest absolute Gasteiger partial charge is 0.250 e. The van der Waals surface area contributed by atoms with Gasteiger partial charge in [-0.25, -0.2) is 13.4 Å². The molecule has 0 bridgehead atoms. The van der Waals surface area contributed by atoms with Crippen molar-refractivity contribution in [3.05, 3.63) is 35.5 Å². The number of nitrogens with zero attached hydrogens (tertiary/aromatic N) is 4. The van der Waals surface area contributed by atoms with Crippen molar-refractivity contribution in [1.29, 1.82) is 0 Å². The van der Waals surface area contributed by atoms with Gasteiger partial charge in [0.15, 0.2) is 5.65 Å². The van der Waals surface area contributed by atoms with Gasteiger partial charge < -0.3 is 9.64 Å². The van der Waals surface area contributed by atoms with Crippen LogP contribution in [0.15, 0.2) is 29.4 Å². The molecule has 4 rings (SSSR count). The normalized spacial score (nSPS) is 14.1. The van der Waals surface area contributed by atoms with Crippen molar-refractivity contribution < 1.29 is 13.2 Å². The fourth-order valence-electron chi connectivity index (χ4n) is 2.98. The van der Waals surface area contributed by atoms with E-state index in [1.165, 1.54) is 0 Å². The number of aromatic amines is 1. The number of aromatic nitrogens is 4. The number of ether oxygens (including phenoxy) is 1. The number of hydrogen-bond acceptors (Lipinski definition) is 7. The Morgan fingerprint density at radius 1 is 1.24 bits per heavy atom. The quantitative estimate of drug-likeness (QED) is 0.701. The minimum atomic E-state index is -3.51. The minimum Gasteiger partial charge on any atom is -0.497 e. The van der Waals surface area contributed by atoms with E-state index in [-0.39, 0.29) is 5.16 Å². The molecule has 0 amide bonds. The van der Waals surface area contributed by atoms with E-state index in [9.17, 15) is 8.42 Å². The molecule has 2 aromatic heterocycles. The van der Waals surface area contributed by atoms with Crippen LogP contribution in [0.25, 0.3) is 11.0 Å². The lowest BCUT2D eigenvalue weighted by Crippen LogP contribution is -2.30. The van der Waals surface area contributed by atoms with E-state index in [1.807, 2.05) is 24.3 Å². The average molecular weight is 359 g/mol. The van der Waals surface area contributed by atoms with Crippen molar-refractivity contribution in [3.63, 3.8) is 0 Å². The Morgan fingerprint density at radius 3 is 2.68 bits per heavy atom. The molecule has 0 atom stereocenters. The van der Waals surface area contributed by atoms with Crippen molar-refractivity contribution in [1.82, 2.24) is 20.2 Å². The molecule has 9 heteroatoms. The molecule has 1 N–H and O–H groups in total. The largest absolute Gasteiger partial charge is 0.497 e. The van der Waals surface area contributed by atoms with Crippen LogP contribution in [0.3, 0.4) is 0 Å². The van der Waals surface area contributed by atoms with Crippen LogP contribution in [-0.4, -0.2) is 48.5 Å². The van der Waals surface area contributed by atoms with Gasteiger partial charge in [-0.15, -0.1) is 0 Å². The van der Waals surface area contributed by atoms with Crippen LogP contribution in [0.1, 0.15) is 11.3 Å². The molecule has 0 radical (unpaired) electrons. The van der Waals surface area contributed by atoms with Gasteiger partial charge in [0.2, 0.25) is 9.84 Å². The molecular weight excluding hydrogens is 342 g/mol. The van der Waals surface area contributed by atoms with Gasteiger partial charge in [-0.1, -0.05) is 12.1 Å². The Labute approximate surface area is 144 Å². The summed E-state index contributed by atoms with van der Waals surface area (Å²) in [5.41, 5.74) is 2.41. The number of hydrogen-bond donors (Lipinski definition) is 1. The highest BCUT2D eigenvalue weighted by Gasteiger charge is 2.26. The second kappa shape index (κ2) is 5.69. The first-order valence-electron chi connectivity index (χ1n) is 7.78. The summed E-state index contributed by atoms with van der Waals surface area (Å²) in [5, 5.41) is 7.68. The van der Waals surface area contributed by atoms with Gasteiger partial charge in [-0.2, -0.15) is 10.1 Å². The fourth-order valence-corrected chi connectivity index (χ4v) is 3.49. The molecule has 3 aromatic rings. The summed E-state index contributed by atoms with van der Waals surface area (Å²) >= 11 is 0. The number of rotatable bonds is 4. The molecule has 8 nitrogen and oxygen atoms in total. The second-order valence-electron chi connectivity index (χ2n) is 6.02. The molecule has 0 unspecified atom stereocenters. The molecule has 0 spiro atoms. The minimum absolute atomic E-state index is 0.188. The zero-order chi connectivity index (χ0) is 17.6. The third-order valence-corrected chi connectivity index (χ3v) is 5.08. The van der Waals surface area contributed by atoms with Gasteiger partial charge in [0.1, 0.15) is 11.6 Å². The first-order valence-corrected chi connectivity index (χ1v) is 9.68. The van der Waals surface area contributed by atoms with E-state index in [2.05, 4.69) is 25.1 Å². The van der Waals surface area contributed by atoms with E-state index in [0.29, 0.717) is 24.6 Å². The first-order chi connectivity index (χ1) is 12.0. The van der Waals surface area contributed by atoms with Gasteiger partial charge in [0, 0.05) is 25.8 Å². The highest BCUT2D eigenvalue weighted by molar-refractivity contribution is 7.90. The summed E-state index contributed by atoms with van der Waals surface area (Å²) in [5.74, 6) is 1.40. The molecule has 1 aromatic carbocycles. The van der Waals surface area contributed by atoms with E-state index in [0.717, 1.165) is 35.1 Å².